The quantitative estimate of drug-likeness (QED) is 0.657. The summed E-state index contributed by atoms with van der Waals surface area (Å²) in [6.07, 6.45) is 1.05. The molecule has 1 saturated heterocycles. The van der Waals surface area contributed by atoms with E-state index in [-0.39, 0.29) is 12.0 Å². The predicted octanol–water partition coefficient (Wildman–Crippen LogP) is 0.130. The van der Waals surface area contributed by atoms with Crippen molar-refractivity contribution in [2.24, 2.45) is 11.1 Å². The molecule has 0 bridgehead atoms. The number of hydrogen-bond acceptors (Lipinski definition) is 3. The molecule has 4 heteroatoms. The van der Waals surface area contributed by atoms with Crippen LogP contribution in [0.25, 0.3) is 0 Å². The Labute approximate surface area is 78.7 Å². The van der Waals surface area contributed by atoms with Crippen LogP contribution in [0.1, 0.15) is 20.3 Å². The highest BCUT2D eigenvalue weighted by molar-refractivity contribution is 5.73. The predicted molar refractivity (Wildman–Crippen MR) is 50.4 cm³/mol. The van der Waals surface area contributed by atoms with E-state index in [4.69, 9.17) is 10.8 Å². The largest absolute Gasteiger partial charge is 0.480 e. The zero-order valence-electron chi connectivity index (χ0n) is 8.29. The van der Waals surface area contributed by atoms with E-state index in [0.29, 0.717) is 0 Å². The van der Waals surface area contributed by atoms with Gasteiger partial charge in [0, 0.05) is 13.1 Å². The maximum absolute atomic E-state index is 10.8. The first-order valence-electron chi connectivity index (χ1n) is 4.63. The minimum absolute atomic E-state index is 0.200. The molecule has 1 fully saturated rings. The molecule has 0 aromatic heterocycles. The van der Waals surface area contributed by atoms with Crippen LogP contribution in [-0.4, -0.2) is 41.7 Å². The molecule has 0 spiro atoms. The van der Waals surface area contributed by atoms with Crippen molar-refractivity contribution in [3.05, 3.63) is 0 Å². The first-order chi connectivity index (χ1) is 5.96. The molecule has 0 aliphatic carbocycles. The molecular formula is C9H18N2O2. The van der Waals surface area contributed by atoms with Crippen molar-refractivity contribution in [1.29, 1.82) is 0 Å². The first-order valence-corrected chi connectivity index (χ1v) is 4.63. The van der Waals surface area contributed by atoms with E-state index in [1.54, 1.807) is 0 Å². The van der Waals surface area contributed by atoms with E-state index < -0.39 is 12.0 Å². The Kier molecular flexibility index (Phi) is 2.93. The zero-order valence-corrected chi connectivity index (χ0v) is 8.29. The Hall–Kier alpha value is -0.610. The summed E-state index contributed by atoms with van der Waals surface area (Å²) in [7, 11) is 0. The summed E-state index contributed by atoms with van der Waals surface area (Å²) in [6.45, 7) is 6.19. The maximum Gasteiger partial charge on any atom is 0.322 e. The standard InChI is InChI=1S/C9H18N2O2/c1-9(2)3-4-11(6-9)7(5-10)8(12)13/h7H,3-6,10H2,1-2H3,(H,12,13). The molecule has 0 aromatic rings. The van der Waals surface area contributed by atoms with Gasteiger partial charge in [-0.25, -0.2) is 0 Å². The smallest absolute Gasteiger partial charge is 0.322 e. The van der Waals surface area contributed by atoms with E-state index >= 15 is 0 Å². The fraction of sp³-hybridized carbons (Fsp3) is 0.889. The van der Waals surface area contributed by atoms with Crippen molar-refractivity contribution < 1.29 is 9.90 Å². The molecular weight excluding hydrogens is 168 g/mol. The fourth-order valence-electron chi connectivity index (χ4n) is 1.83. The Morgan fingerprint density at radius 3 is 2.62 bits per heavy atom. The average Bonchev–Trinajstić information content (AvgIpc) is 2.31. The second-order valence-corrected chi connectivity index (χ2v) is 4.47. The summed E-state index contributed by atoms with van der Waals surface area (Å²) in [5.74, 6) is -0.805. The van der Waals surface area contributed by atoms with Crippen LogP contribution < -0.4 is 5.73 Å². The maximum atomic E-state index is 10.8. The molecule has 1 aliphatic rings. The van der Waals surface area contributed by atoms with Crippen molar-refractivity contribution >= 4 is 5.97 Å². The third-order valence-electron chi connectivity index (χ3n) is 2.66. The number of nitrogens with two attached hydrogens (primary N) is 1. The monoisotopic (exact) mass is 186 g/mol. The lowest BCUT2D eigenvalue weighted by atomic mass is 9.93. The Morgan fingerprint density at radius 2 is 2.31 bits per heavy atom. The molecule has 4 nitrogen and oxygen atoms in total. The van der Waals surface area contributed by atoms with Gasteiger partial charge >= 0.3 is 5.97 Å². The number of aliphatic carboxylic acids is 1. The van der Waals surface area contributed by atoms with Gasteiger partial charge in [-0.2, -0.15) is 0 Å². The second kappa shape index (κ2) is 3.64. The summed E-state index contributed by atoms with van der Waals surface area (Å²) in [5, 5.41) is 8.88. The molecule has 1 heterocycles. The van der Waals surface area contributed by atoms with E-state index in [2.05, 4.69) is 13.8 Å². The van der Waals surface area contributed by atoms with Gasteiger partial charge in [-0.05, 0) is 18.4 Å². The number of likely N-dealkylation sites (tertiary alicyclic amines) is 1. The van der Waals surface area contributed by atoms with Gasteiger partial charge in [0.2, 0.25) is 0 Å². The molecule has 13 heavy (non-hydrogen) atoms. The van der Waals surface area contributed by atoms with E-state index in [1.807, 2.05) is 4.90 Å². The average molecular weight is 186 g/mol. The van der Waals surface area contributed by atoms with Gasteiger partial charge in [0.05, 0.1) is 0 Å². The normalized spacial score (nSPS) is 24.5. The molecule has 1 aliphatic heterocycles. The number of carbonyl (C=O) groups is 1. The van der Waals surface area contributed by atoms with E-state index in [0.717, 1.165) is 19.5 Å². The Bertz CT molecular complexity index is 204. The molecule has 0 aromatic carbocycles. The van der Waals surface area contributed by atoms with Gasteiger partial charge in [0.25, 0.3) is 0 Å². The van der Waals surface area contributed by atoms with Crippen LogP contribution in [0.15, 0.2) is 0 Å². The first kappa shape index (κ1) is 10.5. The van der Waals surface area contributed by atoms with Crippen LogP contribution in [-0.2, 0) is 4.79 Å². The van der Waals surface area contributed by atoms with Crippen LogP contribution in [0.4, 0.5) is 0 Å². The lowest BCUT2D eigenvalue weighted by molar-refractivity contribution is -0.142. The van der Waals surface area contributed by atoms with E-state index in [1.165, 1.54) is 0 Å². The third kappa shape index (κ3) is 2.42. The fourth-order valence-corrected chi connectivity index (χ4v) is 1.83. The molecule has 76 valence electrons. The number of carboxylic acid groups (broad SMARTS) is 1. The Morgan fingerprint density at radius 1 is 1.69 bits per heavy atom. The van der Waals surface area contributed by atoms with Gasteiger partial charge in [-0.3, -0.25) is 9.69 Å². The summed E-state index contributed by atoms with van der Waals surface area (Å²) >= 11 is 0. The van der Waals surface area contributed by atoms with Crippen LogP contribution in [0.5, 0.6) is 0 Å². The van der Waals surface area contributed by atoms with Crippen molar-refractivity contribution in [2.45, 2.75) is 26.3 Å². The molecule has 1 rings (SSSR count). The summed E-state index contributed by atoms with van der Waals surface area (Å²) in [4.78, 5) is 12.8. The van der Waals surface area contributed by atoms with Crippen LogP contribution in [0.3, 0.4) is 0 Å². The molecule has 1 unspecified atom stereocenters. The van der Waals surface area contributed by atoms with Crippen LogP contribution in [0, 0.1) is 5.41 Å². The minimum atomic E-state index is -0.805. The Balaban J connectivity index is 2.58. The van der Waals surface area contributed by atoms with Gasteiger partial charge in [0.15, 0.2) is 0 Å². The molecule has 0 radical (unpaired) electrons. The third-order valence-corrected chi connectivity index (χ3v) is 2.66. The number of carboxylic acids is 1. The van der Waals surface area contributed by atoms with Crippen molar-refractivity contribution in [3.63, 3.8) is 0 Å². The topological polar surface area (TPSA) is 66.6 Å². The number of nitrogens with zero attached hydrogens (tertiary/aromatic N) is 1. The van der Waals surface area contributed by atoms with Gasteiger partial charge in [-0.1, -0.05) is 13.8 Å². The molecule has 1 atom stereocenters. The van der Waals surface area contributed by atoms with Crippen molar-refractivity contribution in [3.8, 4) is 0 Å². The summed E-state index contributed by atoms with van der Waals surface area (Å²) in [5.41, 5.74) is 5.66. The zero-order chi connectivity index (χ0) is 10.1. The molecule has 3 N–H and O–H groups in total. The van der Waals surface area contributed by atoms with Crippen molar-refractivity contribution in [2.75, 3.05) is 19.6 Å². The highest BCUT2D eigenvalue weighted by atomic mass is 16.4. The van der Waals surface area contributed by atoms with Gasteiger partial charge in [0.1, 0.15) is 6.04 Å². The SMILES string of the molecule is CC1(C)CCN(C(CN)C(=O)O)C1. The van der Waals surface area contributed by atoms with Crippen molar-refractivity contribution in [1.82, 2.24) is 4.90 Å². The number of rotatable bonds is 3. The highest BCUT2D eigenvalue weighted by Crippen LogP contribution is 2.29. The molecule has 0 amide bonds. The van der Waals surface area contributed by atoms with Gasteiger partial charge < -0.3 is 10.8 Å². The van der Waals surface area contributed by atoms with E-state index in [9.17, 15) is 4.79 Å². The van der Waals surface area contributed by atoms with Gasteiger partial charge in [-0.15, -0.1) is 0 Å². The van der Waals surface area contributed by atoms with Crippen LogP contribution in [0.2, 0.25) is 0 Å². The second-order valence-electron chi connectivity index (χ2n) is 4.47. The number of hydrogen-bond donors (Lipinski definition) is 2. The highest BCUT2D eigenvalue weighted by Gasteiger charge is 2.35. The molecule has 0 saturated carbocycles. The summed E-state index contributed by atoms with van der Waals surface area (Å²) in [6, 6.07) is -0.498. The minimum Gasteiger partial charge on any atom is -0.480 e. The van der Waals surface area contributed by atoms with Crippen LogP contribution >= 0.6 is 0 Å². The lowest BCUT2D eigenvalue weighted by Gasteiger charge is -2.24. The summed E-state index contributed by atoms with van der Waals surface area (Å²) < 4.78 is 0. The lowest BCUT2D eigenvalue weighted by Crippen LogP contribution is -2.45.